The van der Waals surface area contributed by atoms with E-state index in [1.807, 2.05) is 48.6 Å². The Balaban J connectivity index is 2.59. The summed E-state index contributed by atoms with van der Waals surface area (Å²) in [5.74, 6) is 0.797. The number of halogens is 2. The van der Waals surface area contributed by atoms with E-state index >= 15 is 0 Å². The van der Waals surface area contributed by atoms with Crippen molar-refractivity contribution in [3.63, 3.8) is 0 Å². The third-order valence-corrected chi connectivity index (χ3v) is 3.85. The van der Waals surface area contributed by atoms with Gasteiger partial charge in [0.2, 0.25) is 0 Å². The van der Waals surface area contributed by atoms with E-state index < -0.39 is 0 Å². The number of H-pyrrole nitrogens is 1. The van der Waals surface area contributed by atoms with Crippen LogP contribution in [0.5, 0.6) is 0 Å². The van der Waals surface area contributed by atoms with Crippen LogP contribution >= 0.6 is 34.2 Å². The summed E-state index contributed by atoms with van der Waals surface area (Å²) in [6.07, 6.45) is 0. The van der Waals surface area contributed by atoms with Crippen molar-refractivity contribution in [1.82, 2.24) is 9.97 Å². The average molecular weight is 375 g/mol. The SMILES string of the molecule is CC(C)c1nc(-c2ccc(Cl)cc2)[nH]c(=O)c1I. The summed E-state index contributed by atoms with van der Waals surface area (Å²) in [5, 5.41) is 0.663. The molecule has 94 valence electrons. The third kappa shape index (κ3) is 2.75. The van der Waals surface area contributed by atoms with Crippen molar-refractivity contribution < 1.29 is 0 Å². The average Bonchev–Trinajstić information content (AvgIpc) is 2.33. The highest BCUT2D eigenvalue weighted by Gasteiger charge is 2.12. The molecule has 0 radical (unpaired) electrons. The molecule has 0 bridgehead atoms. The molecule has 0 saturated carbocycles. The van der Waals surface area contributed by atoms with Crippen LogP contribution < -0.4 is 5.56 Å². The number of rotatable bonds is 2. The highest BCUT2D eigenvalue weighted by molar-refractivity contribution is 14.1. The van der Waals surface area contributed by atoms with Gasteiger partial charge in [-0.3, -0.25) is 4.79 Å². The van der Waals surface area contributed by atoms with Crippen molar-refractivity contribution in [2.24, 2.45) is 0 Å². The smallest absolute Gasteiger partial charge is 0.264 e. The fraction of sp³-hybridized carbons (Fsp3) is 0.231. The first-order chi connectivity index (χ1) is 8.49. The van der Waals surface area contributed by atoms with Crippen LogP contribution in [-0.2, 0) is 0 Å². The molecule has 0 saturated heterocycles. The highest BCUT2D eigenvalue weighted by atomic mass is 127. The number of nitrogens with zero attached hydrogens (tertiary/aromatic N) is 1. The Bertz CT molecular complexity index is 620. The van der Waals surface area contributed by atoms with Crippen molar-refractivity contribution in [2.45, 2.75) is 19.8 Å². The normalized spacial score (nSPS) is 10.9. The van der Waals surface area contributed by atoms with Gasteiger partial charge in [0.05, 0.1) is 9.26 Å². The molecule has 1 N–H and O–H groups in total. The van der Waals surface area contributed by atoms with Gasteiger partial charge >= 0.3 is 0 Å². The molecule has 2 aromatic rings. The van der Waals surface area contributed by atoms with E-state index in [9.17, 15) is 4.79 Å². The molecule has 0 unspecified atom stereocenters. The Morgan fingerprint density at radius 3 is 2.44 bits per heavy atom. The summed E-state index contributed by atoms with van der Waals surface area (Å²) in [7, 11) is 0. The van der Waals surface area contributed by atoms with Crippen molar-refractivity contribution >= 4 is 34.2 Å². The van der Waals surface area contributed by atoms with Crippen molar-refractivity contribution in [1.29, 1.82) is 0 Å². The number of nitrogens with one attached hydrogen (secondary N) is 1. The van der Waals surface area contributed by atoms with Crippen LogP contribution in [0.15, 0.2) is 29.1 Å². The zero-order valence-corrected chi connectivity index (χ0v) is 12.9. The first-order valence-electron chi connectivity index (χ1n) is 5.54. The van der Waals surface area contributed by atoms with Crippen LogP contribution in [0.4, 0.5) is 0 Å². The quantitative estimate of drug-likeness (QED) is 0.812. The van der Waals surface area contributed by atoms with Crippen LogP contribution in [0, 0.1) is 3.57 Å². The fourth-order valence-corrected chi connectivity index (χ4v) is 2.61. The minimum Gasteiger partial charge on any atom is -0.306 e. The molecule has 0 fully saturated rings. The second-order valence-corrected chi connectivity index (χ2v) is 5.79. The molecule has 5 heteroatoms. The molecule has 0 aliphatic heterocycles. The Kier molecular flexibility index (Phi) is 4.07. The third-order valence-electron chi connectivity index (χ3n) is 2.55. The topological polar surface area (TPSA) is 45.8 Å². The van der Waals surface area contributed by atoms with E-state index in [0.717, 1.165) is 11.3 Å². The predicted octanol–water partition coefficient (Wildman–Crippen LogP) is 3.82. The lowest BCUT2D eigenvalue weighted by atomic mass is 10.1. The maximum Gasteiger partial charge on any atom is 0.264 e. The van der Waals surface area contributed by atoms with Gasteiger partial charge in [-0.25, -0.2) is 4.98 Å². The molecule has 0 aliphatic rings. The summed E-state index contributed by atoms with van der Waals surface area (Å²) < 4.78 is 0.653. The Morgan fingerprint density at radius 2 is 1.89 bits per heavy atom. The molecule has 1 aromatic heterocycles. The number of hydrogen-bond donors (Lipinski definition) is 1. The van der Waals surface area contributed by atoms with E-state index in [0.29, 0.717) is 14.4 Å². The van der Waals surface area contributed by atoms with Gasteiger partial charge < -0.3 is 4.98 Å². The Labute approximate surface area is 124 Å². The number of aromatic nitrogens is 2. The molecule has 0 atom stereocenters. The summed E-state index contributed by atoms with van der Waals surface area (Å²) in [4.78, 5) is 19.2. The monoisotopic (exact) mass is 374 g/mol. The van der Waals surface area contributed by atoms with Gasteiger partial charge in [0.1, 0.15) is 5.82 Å². The zero-order chi connectivity index (χ0) is 13.3. The van der Waals surface area contributed by atoms with Crippen molar-refractivity contribution in [2.75, 3.05) is 0 Å². The summed E-state index contributed by atoms with van der Waals surface area (Å²) in [6, 6.07) is 7.25. The predicted molar refractivity (Wildman–Crippen MR) is 82.1 cm³/mol. The summed E-state index contributed by atoms with van der Waals surface area (Å²) >= 11 is 7.88. The van der Waals surface area contributed by atoms with Gasteiger partial charge in [0, 0.05) is 10.6 Å². The minimum atomic E-state index is -0.0979. The second kappa shape index (κ2) is 5.40. The molecule has 1 heterocycles. The summed E-state index contributed by atoms with van der Waals surface area (Å²) in [5.41, 5.74) is 1.58. The number of hydrogen-bond acceptors (Lipinski definition) is 2. The van der Waals surface area contributed by atoms with Crippen LogP contribution in [0.3, 0.4) is 0 Å². The molecule has 3 nitrogen and oxygen atoms in total. The van der Waals surface area contributed by atoms with Gasteiger partial charge in [-0.15, -0.1) is 0 Å². The molecule has 0 aliphatic carbocycles. The molecule has 1 aromatic carbocycles. The molecular formula is C13H12ClIN2O. The maximum absolute atomic E-state index is 11.9. The lowest BCUT2D eigenvalue weighted by Crippen LogP contribution is -2.17. The Hall–Kier alpha value is -0.880. The fourth-order valence-electron chi connectivity index (χ4n) is 1.60. The van der Waals surface area contributed by atoms with Crippen LogP contribution in [-0.4, -0.2) is 9.97 Å². The van der Waals surface area contributed by atoms with Crippen LogP contribution in [0.1, 0.15) is 25.5 Å². The molecular weight excluding hydrogens is 363 g/mol. The van der Waals surface area contributed by atoms with Crippen molar-refractivity contribution in [3.05, 3.63) is 48.9 Å². The zero-order valence-electron chi connectivity index (χ0n) is 10.00. The largest absolute Gasteiger partial charge is 0.306 e. The highest BCUT2D eigenvalue weighted by Crippen LogP contribution is 2.21. The second-order valence-electron chi connectivity index (χ2n) is 4.28. The van der Waals surface area contributed by atoms with Crippen molar-refractivity contribution in [3.8, 4) is 11.4 Å². The standard InChI is InChI=1S/C13H12ClIN2O/c1-7(2)11-10(15)13(18)17-12(16-11)8-3-5-9(14)6-4-8/h3-7H,1-2H3,(H,16,17,18). The van der Waals surface area contributed by atoms with Gasteiger partial charge in [-0.1, -0.05) is 25.4 Å². The lowest BCUT2D eigenvalue weighted by Gasteiger charge is -2.09. The summed E-state index contributed by atoms with van der Waals surface area (Å²) in [6.45, 7) is 4.05. The van der Waals surface area contributed by atoms with E-state index in [1.54, 1.807) is 12.1 Å². The lowest BCUT2D eigenvalue weighted by molar-refractivity contribution is 0.802. The number of aromatic amines is 1. The van der Waals surface area contributed by atoms with Crippen LogP contribution in [0.2, 0.25) is 5.02 Å². The Morgan fingerprint density at radius 1 is 1.28 bits per heavy atom. The van der Waals surface area contributed by atoms with E-state index in [2.05, 4.69) is 9.97 Å². The van der Waals surface area contributed by atoms with E-state index in [4.69, 9.17) is 11.6 Å². The van der Waals surface area contributed by atoms with Gasteiger partial charge in [-0.05, 0) is 52.8 Å². The van der Waals surface area contributed by atoms with E-state index in [-0.39, 0.29) is 11.5 Å². The minimum absolute atomic E-state index is 0.0979. The van der Waals surface area contributed by atoms with Crippen LogP contribution in [0.25, 0.3) is 11.4 Å². The number of benzene rings is 1. The first kappa shape index (κ1) is 13.5. The van der Waals surface area contributed by atoms with E-state index in [1.165, 1.54) is 0 Å². The molecule has 0 amide bonds. The van der Waals surface area contributed by atoms with Gasteiger partial charge in [0.15, 0.2) is 0 Å². The molecule has 0 spiro atoms. The molecule has 2 rings (SSSR count). The molecule has 18 heavy (non-hydrogen) atoms. The van der Waals surface area contributed by atoms with Gasteiger partial charge in [0.25, 0.3) is 5.56 Å². The maximum atomic E-state index is 11.9. The first-order valence-corrected chi connectivity index (χ1v) is 7.00. The van der Waals surface area contributed by atoms with Gasteiger partial charge in [-0.2, -0.15) is 0 Å².